The van der Waals surface area contributed by atoms with E-state index in [9.17, 15) is 19.3 Å². The molecule has 4 rings (SSSR count). The molecule has 2 heterocycles. The number of carbonyl (C=O) groups excluding carboxylic acids is 1. The molecule has 0 spiro atoms. The van der Waals surface area contributed by atoms with Gasteiger partial charge < -0.3 is 14.6 Å². The summed E-state index contributed by atoms with van der Waals surface area (Å²) in [6.45, 7) is 3.50. The molecule has 0 radical (unpaired) electrons. The molecule has 0 aliphatic rings. The van der Waals surface area contributed by atoms with Crippen molar-refractivity contribution in [2.45, 2.75) is 13.8 Å². The first kappa shape index (κ1) is 21.9. The Labute approximate surface area is 188 Å². The average Bonchev–Trinajstić information content (AvgIpc) is 3.12. The number of fused-ring (bicyclic) bond motifs is 1. The normalized spacial score (nSPS) is 10.9. The number of anilines is 2. The Hall–Kier alpha value is -4.34. The molecule has 4 aromatic rings. The lowest BCUT2D eigenvalue weighted by molar-refractivity contribution is -0.387. The molecule has 10 heteroatoms. The highest BCUT2D eigenvalue weighted by molar-refractivity contribution is 6.02. The average molecular weight is 449 g/mol. The highest BCUT2D eigenvalue weighted by Gasteiger charge is 2.22. The van der Waals surface area contributed by atoms with Crippen molar-refractivity contribution >= 4 is 34.2 Å². The summed E-state index contributed by atoms with van der Waals surface area (Å²) >= 11 is 0. The van der Waals surface area contributed by atoms with Crippen molar-refractivity contribution in [3.63, 3.8) is 0 Å². The van der Waals surface area contributed by atoms with Gasteiger partial charge in [-0.25, -0.2) is 14.8 Å². The predicted molar refractivity (Wildman–Crippen MR) is 121 cm³/mol. The molecule has 0 saturated heterocycles. The van der Waals surface area contributed by atoms with E-state index in [2.05, 4.69) is 15.3 Å². The number of rotatable bonds is 6. The quantitative estimate of drug-likeness (QED) is 0.253. The molecule has 0 atom stereocenters. The molecular formula is C23H20FN5O4. The Bertz CT molecular complexity index is 1400. The van der Waals surface area contributed by atoms with E-state index < -0.39 is 22.4 Å². The van der Waals surface area contributed by atoms with Crippen LogP contribution >= 0.6 is 0 Å². The van der Waals surface area contributed by atoms with Gasteiger partial charge in [0.05, 0.1) is 22.9 Å². The molecule has 0 amide bonds. The van der Waals surface area contributed by atoms with Crippen molar-refractivity contribution in [3.05, 3.63) is 75.9 Å². The SMILES string of the molecule is CCOC(=O)c1cnc(Nc2cc([N+](=O)[O-])c(F)cc2C)nc1-c1cn(C)c2ccccc12. The number of nitrogens with zero attached hydrogens (tertiary/aromatic N) is 4. The van der Waals surface area contributed by atoms with Crippen LogP contribution in [-0.4, -0.2) is 32.0 Å². The largest absolute Gasteiger partial charge is 0.462 e. The molecule has 0 aliphatic heterocycles. The van der Waals surface area contributed by atoms with Crippen molar-refractivity contribution in [2.75, 3.05) is 11.9 Å². The summed E-state index contributed by atoms with van der Waals surface area (Å²) < 4.78 is 21.0. The third kappa shape index (κ3) is 4.10. The number of ether oxygens (including phenoxy) is 1. The Balaban J connectivity index is 1.85. The zero-order valence-electron chi connectivity index (χ0n) is 18.1. The molecule has 0 saturated carbocycles. The van der Waals surface area contributed by atoms with Crippen LogP contribution in [0.4, 0.5) is 21.7 Å². The minimum atomic E-state index is -0.932. The van der Waals surface area contributed by atoms with Crippen LogP contribution in [0.25, 0.3) is 22.2 Å². The highest BCUT2D eigenvalue weighted by atomic mass is 19.1. The van der Waals surface area contributed by atoms with Gasteiger partial charge in [-0.2, -0.15) is 4.39 Å². The lowest BCUT2D eigenvalue weighted by Gasteiger charge is -2.12. The third-order valence-corrected chi connectivity index (χ3v) is 5.17. The second-order valence-corrected chi connectivity index (χ2v) is 7.35. The molecule has 0 fully saturated rings. The number of esters is 1. The number of para-hydroxylation sites is 1. The molecule has 0 bridgehead atoms. The molecular weight excluding hydrogens is 429 g/mol. The molecule has 0 aliphatic carbocycles. The first-order chi connectivity index (χ1) is 15.8. The van der Waals surface area contributed by atoms with Crippen molar-refractivity contribution < 1.29 is 18.8 Å². The van der Waals surface area contributed by atoms with Gasteiger partial charge in [0, 0.05) is 42.0 Å². The Morgan fingerprint density at radius 2 is 2.06 bits per heavy atom. The topological polar surface area (TPSA) is 112 Å². The van der Waals surface area contributed by atoms with Crippen LogP contribution in [0.15, 0.2) is 48.8 Å². The summed E-state index contributed by atoms with van der Waals surface area (Å²) in [5, 5.41) is 14.9. The maximum Gasteiger partial charge on any atom is 0.341 e. The van der Waals surface area contributed by atoms with Crippen LogP contribution in [0.3, 0.4) is 0 Å². The van der Waals surface area contributed by atoms with Gasteiger partial charge in [-0.15, -0.1) is 0 Å². The summed E-state index contributed by atoms with van der Waals surface area (Å²) in [5.74, 6) is -1.41. The van der Waals surface area contributed by atoms with E-state index in [4.69, 9.17) is 4.74 Å². The maximum absolute atomic E-state index is 13.9. The maximum atomic E-state index is 13.9. The molecule has 0 unspecified atom stereocenters. The van der Waals surface area contributed by atoms with E-state index in [1.807, 2.05) is 42.1 Å². The minimum absolute atomic E-state index is 0.0926. The number of benzene rings is 2. The number of nitro groups is 1. The van der Waals surface area contributed by atoms with Gasteiger partial charge in [-0.05, 0) is 31.5 Å². The van der Waals surface area contributed by atoms with Crippen molar-refractivity contribution in [1.82, 2.24) is 14.5 Å². The second-order valence-electron chi connectivity index (χ2n) is 7.35. The Morgan fingerprint density at radius 1 is 1.30 bits per heavy atom. The number of nitrogens with one attached hydrogen (secondary N) is 1. The van der Waals surface area contributed by atoms with Crippen LogP contribution < -0.4 is 5.32 Å². The monoisotopic (exact) mass is 449 g/mol. The fourth-order valence-electron chi connectivity index (χ4n) is 3.59. The zero-order chi connectivity index (χ0) is 23.7. The highest BCUT2D eigenvalue weighted by Crippen LogP contribution is 2.33. The molecule has 1 N–H and O–H groups in total. The lowest BCUT2D eigenvalue weighted by atomic mass is 10.1. The fraction of sp³-hybridized carbons (Fsp3) is 0.174. The summed E-state index contributed by atoms with van der Waals surface area (Å²) in [7, 11) is 1.89. The van der Waals surface area contributed by atoms with E-state index in [1.54, 1.807) is 13.8 Å². The summed E-state index contributed by atoms with van der Waals surface area (Å²) in [6, 6.07) is 9.82. The number of hydrogen-bond acceptors (Lipinski definition) is 7. The molecule has 9 nitrogen and oxygen atoms in total. The molecule has 168 valence electrons. The van der Waals surface area contributed by atoms with Gasteiger partial charge >= 0.3 is 11.7 Å². The number of aryl methyl sites for hydroxylation is 2. The first-order valence-corrected chi connectivity index (χ1v) is 10.1. The van der Waals surface area contributed by atoms with Crippen LogP contribution in [0.5, 0.6) is 0 Å². The van der Waals surface area contributed by atoms with Crippen molar-refractivity contribution in [1.29, 1.82) is 0 Å². The third-order valence-electron chi connectivity index (χ3n) is 5.17. The van der Waals surface area contributed by atoms with Crippen molar-refractivity contribution in [3.8, 4) is 11.3 Å². The van der Waals surface area contributed by atoms with Crippen LogP contribution in [-0.2, 0) is 11.8 Å². The Morgan fingerprint density at radius 3 is 2.79 bits per heavy atom. The predicted octanol–water partition coefficient (Wildman–Crippen LogP) is 4.91. The van der Waals surface area contributed by atoms with Gasteiger partial charge in [0.15, 0.2) is 0 Å². The van der Waals surface area contributed by atoms with Gasteiger partial charge in [-0.3, -0.25) is 10.1 Å². The molecule has 2 aromatic carbocycles. The summed E-state index contributed by atoms with van der Waals surface area (Å²) in [6.07, 6.45) is 3.20. The molecule has 33 heavy (non-hydrogen) atoms. The Kier molecular flexibility index (Phi) is 5.74. The first-order valence-electron chi connectivity index (χ1n) is 10.1. The summed E-state index contributed by atoms with van der Waals surface area (Å²) in [4.78, 5) is 31.7. The standard InChI is InChI=1S/C23H20FN5O4/c1-4-33-22(30)15-11-25-23(26-18-10-20(29(31)32)17(24)9-13(18)2)27-21(15)16-12-28(3)19-8-6-5-7-14(16)19/h5-12H,4H2,1-3H3,(H,25,26,27). The van der Waals surface area contributed by atoms with E-state index in [1.165, 1.54) is 6.20 Å². The van der Waals surface area contributed by atoms with Gasteiger partial charge in [0.25, 0.3) is 0 Å². The number of carbonyl (C=O) groups is 1. The van der Waals surface area contributed by atoms with E-state index in [-0.39, 0.29) is 23.8 Å². The van der Waals surface area contributed by atoms with Gasteiger partial charge in [0.2, 0.25) is 11.8 Å². The number of hydrogen-bond donors (Lipinski definition) is 1. The lowest BCUT2D eigenvalue weighted by Crippen LogP contribution is -2.10. The number of aromatic nitrogens is 3. The van der Waals surface area contributed by atoms with Gasteiger partial charge in [0.1, 0.15) is 5.56 Å². The van der Waals surface area contributed by atoms with E-state index >= 15 is 0 Å². The van der Waals surface area contributed by atoms with E-state index in [0.29, 0.717) is 16.8 Å². The van der Waals surface area contributed by atoms with E-state index in [0.717, 1.165) is 23.0 Å². The van der Waals surface area contributed by atoms with Crippen LogP contribution in [0.2, 0.25) is 0 Å². The minimum Gasteiger partial charge on any atom is -0.462 e. The second kappa shape index (κ2) is 8.65. The number of nitro benzene ring substituents is 1. The summed E-state index contributed by atoms with van der Waals surface area (Å²) in [5.41, 5.74) is 2.21. The fourth-order valence-corrected chi connectivity index (χ4v) is 3.59. The van der Waals surface area contributed by atoms with Crippen LogP contribution in [0.1, 0.15) is 22.8 Å². The molecule has 2 aromatic heterocycles. The number of halogens is 1. The zero-order valence-corrected chi connectivity index (χ0v) is 18.1. The van der Waals surface area contributed by atoms with Crippen LogP contribution in [0, 0.1) is 22.9 Å². The van der Waals surface area contributed by atoms with Gasteiger partial charge in [-0.1, -0.05) is 18.2 Å². The smallest absolute Gasteiger partial charge is 0.341 e. The van der Waals surface area contributed by atoms with Crippen molar-refractivity contribution in [2.24, 2.45) is 7.05 Å².